The first-order chi connectivity index (χ1) is 19.3. The molecule has 2 N–H and O–H groups in total. The molecule has 1 fully saturated rings. The number of nitrogens with one attached hydrogen (secondary N) is 1. The molecule has 0 unspecified atom stereocenters. The standard InChI is InChI=1S/C30H34FN3O5S/c31-26-13-8-24(9-14-26)22-34(29(30(37)32-18-21-35)25-6-2-1-3-7-25)28(36)17-12-23-10-15-27(16-11-23)40(38,39)33-19-4-5-20-33/h1-3,6-11,13-16,29,35H,4-5,12,17-22H2,(H,32,37)/t29-/m0/s1. The number of rotatable bonds is 12. The summed E-state index contributed by atoms with van der Waals surface area (Å²) in [4.78, 5) is 28.7. The van der Waals surface area contributed by atoms with Gasteiger partial charge >= 0.3 is 0 Å². The predicted octanol–water partition coefficient (Wildman–Crippen LogP) is 3.42. The van der Waals surface area contributed by atoms with Crippen LogP contribution in [0.3, 0.4) is 0 Å². The van der Waals surface area contributed by atoms with Crippen molar-refractivity contribution in [2.45, 2.75) is 43.2 Å². The molecule has 0 radical (unpaired) electrons. The van der Waals surface area contributed by atoms with E-state index in [9.17, 15) is 27.5 Å². The van der Waals surface area contributed by atoms with Crippen molar-refractivity contribution < 1.29 is 27.5 Å². The van der Waals surface area contributed by atoms with Gasteiger partial charge in [0.2, 0.25) is 21.8 Å². The Bertz CT molecular complexity index is 1380. The second-order valence-electron chi connectivity index (χ2n) is 9.73. The van der Waals surface area contributed by atoms with Crippen molar-refractivity contribution in [3.8, 4) is 0 Å². The van der Waals surface area contributed by atoms with Gasteiger partial charge in [0.1, 0.15) is 11.9 Å². The number of carbonyl (C=O) groups is 2. The predicted molar refractivity (Wildman–Crippen MR) is 149 cm³/mol. The molecular formula is C30H34FN3O5S. The van der Waals surface area contributed by atoms with Crippen LogP contribution in [0.5, 0.6) is 0 Å². The Labute approximate surface area is 234 Å². The van der Waals surface area contributed by atoms with Gasteiger partial charge in [-0.2, -0.15) is 4.31 Å². The Hall–Kier alpha value is -3.60. The summed E-state index contributed by atoms with van der Waals surface area (Å²) in [6.45, 7) is 0.905. The molecule has 3 aromatic carbocycles. The Morgan fingerprint density at radius 1 is 0.925 bits per heavy atom. The SMILES string of the molecule is O=C(NCCO)[C@H](c1ccccc1)N(Cc1ccc(F)cc1)C(=O)CCc1ccc(S(=O)(=O)N2CCCC2)cc1. The van der Waals surface area contributed by atoms with Gasteiger partial charge in [0.25, 0.3) is 0 Å². The number of benzene rings is 3. The third-order valence-electron chi connectivity index (χ3n) is 6.93. The molecule has 4 rings (SSSR count). The molecule has 0 bridgehead atoms. The first-order valence-corrected chi connectivity index (χ1v) is 14.8. The minimum Gasteiger partial charge on any atom is -0.395 e. The van der Waals surface area contributed by atoms with Crippen LogP contribution < -0.4 is 5.32 Å². The van der Waals surface area contributed by atoms with Crippen molar-refractivity contribution in [2.24, 2.45) is 0 Å². The molecule has 0 aliphatic carbocycles. The highest BCUT2D eigenvalue weighted by Gasteiger charge is 2.31. The molecule has 40 heavy (non-hydrogen) atoms. The fourth-order valence-corrected chi connectivity index (χ4v) is 6.31. The second kappa shape index (κ2) is 13.6. The minimum atomic E-state index is -3.53. The van der Waals surface area contributed by atoms with Gasteiger partial charge < -0.3 is 15.3 Å². The van der Waals surface area contributed by atoms with Crippen LogP contribution in [0.4, 0.5) is 4.39 Å². The number of nitrogens with zero attached hydrogens (tertiary/aromatic N) is 2. The fourth-order valence-electron chi connectivity index (χ4n) is 4.79. The van der Waals surface area contributed by atoms with Crippen LogP contribution in [0.1, 0.15) is 42.0 Å². The largest absolute Gasteiger partial charge is 0.395 e. The van der Waals surface area contributed by atoms with Crippen LogP contribution in [0.2, 0.25) is 0 Å². The molecule has 0 saturated carbocycles. The summed E-state index contributed by atoms with van der Waals surface area (Å²) in [7, 11) is -3.53. The summed E-state index contributed by atoms with van der Waals surface area (Å²) in [6, 6.07) is 20.2. The van der Waals surface area contributed by atoms with Crippen molar-refractivity contribution in [1.29, 1.82) is 0 Å². The van der Waals surface area contributed by atoms with E-state index < -0.39 is 27.8 Å². The molecule has 3 aromatic rings. The fraction of sp³-hybridized carbons (Fsp3) is 0.333. The van der Waals surface area contributed by atoms with Crippen molar-refractivity contribution >= 4 is 21.8 Å². The molecule has 0 aromatic heterocycles. The highest BCUT2D eigenvalue weighted by atomic mass is 32.2. The van der Waals surface area contributed by atoms with Gasteiger partial charge in [-0.1, -0.05) is 54.6 Å². The average Bonchev–Trinajstić information content (AvgIpc) is 3.53. The molecule has 1 saturated heterocycles. The maximum absolute atomic E-state index is 13.7. The van der Waals surface area contributed by atoms with Gasteiger partial charge in [-0.05, 0) is 60.2 Å². The Balaban J connectivity index is 1.55. The zero-order valence-electron chi connectivity index (χ0n) is 22.2. The van der Waals surface area contributed by atoms with Crippen molar-refractivity contribution in [3.05, 3.63) is 101 Å². The van der Waals surface area contributed by atoms with Gasteiger partial charge in [-0.15, -0.1) is 0 Å². The molecule has 212 valence electrons. The minimum absolute atomic E-state index is 0.0351. The normalized spacial score (nSPS) is 14.6. The van der Waals surface area contributed by atoms with Crippen LogP contribution in [0, 0.1) is 5.82 Å². The number of hydrogen-bond acceptors (Lipinski definition) is 5. The highest BCUT2D eigenvalue weighted by Crippen LogP contribution is 2.26. The van der Waals surface area contributed by atoms with E-state index in [2.05, 4.69) is 5.32 Å². The number of carbonyl (C=O) groups excluding carboxylic acids is 2. The molecule has 2 amide bonds. The average molecular weight is 568 g/mol. The van der Waals surface area contributed by atoms with Gasteiger partial charge in [-0.25, -0.2) is 12.8 Å². The first-order valence-electron chi connectivity index (χ1n) is 13.4. The van der Waals surface area contributed by atoms with Gasteiger partial charge in [0, 0.05) is 32.6 Å². The lowest BCUT2D eigenvalue weighted by molar-refractivity contribution is -0.141. The van der Waals surface area contributed by atoms with Crippen molar-refractivity contribution in [2.75, 3.05) is 26.2 Å². The maximum Gasteiger partial charge on any atom is 0.247 e. The zero-order valence-corrected chi connectivity index (χ0v) is 23.0. The number of hydrogen-bond donors (Lipinski definition) is 2. The topological polar surface area (TPSA) is 107 Å². The van der Waals surface area contributed by atoms with E-state index in [-0.39, 0.29) is 36.9 Å². The van der Waals surface area contributed by atoms with Crippen LogP contribution in [-0.4, -0.2) is 60.8 Å². The van der Waals surface area contributed by atoms with E-state index in [4.69, 9.17) is 0 Å². The van der Waals surface area contributed by atoms with E-state index >= 15 is 0 Å². The number of aryl methyl sites for hydroxylation is 1. The van der Waals surface area contributed by atoms with Crippen LogP contribution >= 0.6 is 0 Å². The molecule has 10 heteroatoms. The van der Waals surface area contributed by atoms with Crippen molar-refractivity contribution in [1.82, 2.24) is 14.5 Å². The quantitative estimate of drug-likeness (QED) is 0.349. The Morgan fingerprint density at radius 3 is 2.17 bits per heavy atom. The zero-order chi connectivity index (χ0) is 28.5. The summed E-state index contributed by atoms with van der Waals surface area (Å²) in [5, 5.41) is 11.9. The molecule has 1 heterocycles. The molecule has 1 aliphatic rings. The second-order valence-corrected chi connectivity index (χ2v) is 11.7. The third-order valence-corrected chi connectivity index (χ3v) is 8.84. The number of aliphatic hydroxyl groups excluding tert-OH is 1. The first kappa shape index (κ1) is 29.4. The van der Waals surface area contributed by atoms with Crippen LogP contribution in [0.15, 0.2) is 83.8 Å². The maximum atomic E-state index is 13.7. The molecule has 0 spiro atoms. The number of halogens is 1. The summed E-state index contributed by atoms with van der Waals surface area (Å²) in [5.74, 6) is -1.14. The Morgan fingerprint density at radius 2 is 1.55 bits per heavy atom. The van der Waals surface area contributed by atoms with E-state index in [0.29, 0.717) is 30.6 Å². The van der Waals surface area contributed by atoms with Gasteiger partial charge in [0.05, 0.1) is 11.5 Å². The summed E-state index contributed by atoms with van der Waals surface area (Å²) < 4.78 is 40.7. The third kappa shape index (κ3) is 7.32. The van der Waals surface area contributed by atoms with Crippen LogP contribution in [-0.2, 0) is 32.6 Å². The Kier molecular flexibility index (Phi) is 10.0. The van der Waals surface area contributed by atoms with E-state index in [1.165, 1.54) is 21.3 Å². The molecule has 1 atom stereocenters. The molecular weight excluding hydrogens is 533 g/mol. The summed E-state index contributed by atoms with van der Waals surface area (Å²) >= 11 is 0. The van der Waals surface area contributed by atoms with Gasteiger partial charge in [0.15, 0.2) is 0 Å². The van der Waals surface area contributed by atoms with Crippen molar-refractivity contribution in [3.63, 3.8) is 0 Å². The molecule has 8 nitrogen and oxygen atoms in total. The number of sulfonamides is 1. The summed E-state index contributed by atoms with van der Waals surface area (Å²) in [6.07, 6.45) is 2.12. The monoisotopic (exact) mass is 567 g/mol. The summed E-state index contributed by atoms with van der Waals surface area (Å²) in [5.41, 5.74) is 2.04. The van der Waals surface area contributed by atoms with Gasteiger partial charge in [-0.3, -0.25) is 9.59 Å². The number of amides is 2. The van der Waals surface area contributed by atoms with E-state index in [0.717, 1.165) is 18.4 Å². The lowest BCUT2D eigenvalue weighted by Gasteiger charge is -2.32. The van der Waals surface area contributed by atoms with Crippen LogP contribution in [0.25, 0.3) is 0 Å². The highest BCUT2D eigenvalue weighted by molar-refractivity contribution is 7.89. The van der Waals surface area contributed by atoms with E-state index in [1.54, 1.807) is 60.7 Å². The number of aliphatic hydroxyl groups is 1. The lowest BCUT2D eigenvalue weighted by atomic mass is 10.0. The molecule has 1 aliphatic heterocycles. The lowest BCUT2D eigenvalue weighted by Crippen LogP contribution is -2.44. The van der Waals surface area contributed by atoms with E-state index in [1.807, 2.05) is 6.07 Å². The smallest absolute Gasteiger partial charge is 0.247 e.